The number of benzene rings is 1. The summed E-state index contributed by atoms with van der Waals surface area (Å²) in [5.41, 5.74) is 0.369. The molecule has 1 aromatic carbocycles. The number of carbonyl (C=O) groups is 4. The van der Waals surface area contributed by atoms with Gasteiger partial charge in [0.05, 0.1) is 11.8 Å². The van der Waals surface area contributed by atoms with Gasteiger partial charge in [-0.1, -0.05) is 37.6 Å². The molecule has 154 valence electrons. The van der Waals surface area contributed by atoms with Gasteiger partial charge in [-0.15, -0.1) is 0 Å². The van der Waals surface area contributed by atoms with E-state index in [-0.39, 0.29) is 29.9 Å². The van der Waals surface area contributed by atoms with Crippen LogP contribution in [0.15, 0.2) is 36.4 Å². The first-order valence-corrected chi connectivity index (χ1v) is 10.1. The van der Waals surface area contributed by atoms with E-state index in [9.17, 15) is 19.2 Å². The first kappa shape index (κ1) is 21.2. The van der Waals surface area contributed by atoms with Crippen LogP contribution in [0.1, 0.15) is 43.5 Å². The highest BCUT2D eigenvalue weighted by Crippen LogP contribution is 2.37. The van der Waals surface area contributed by atoms with Crippen molar-refractivity contribution in [3.05, 3.63) is 47.0 Å². The third-order valence-electron chi connectivity index (χ3n) is 5.33. The highest BCUT2D eigenvalue weighted by molar-refractivity contribution is 6.30. The number of hydrogen-bond donors (Lipinski definition) is 0. The molecule has 1 fully saturated rings. The summed E-state index contributed by atoms with van der Waals surface area (Å²) in [6, 6.07) is 5.24. The minimum absolute atomic E-state index is 0.0564. The fourth-order valence-corrected chi connectivity index (χ4v) is 3.96. The Bertz CT molecular complexity index is 819. The lowest BCUT2D eigenvalue weighted by Crippen LogP contribution is -2.47. The fourth-order valence-electron chi connectivity index (χ4n) is 3.84. The van der Waals surface area contributed by atoms with Gasteiger partial charge in [0.2, 0.25) is 11.8 Å². The second-order valence-electron chi connectivity index (χ2n) is 7.89. The Hall–Kier alpha value is -2.47. The average Bonchev–Trinajstić information content (AvgIpc) is 2.95. The number of amides is 2. The number of imide groups is 1. The van der Waals surface area contributed by atoms with Crippen LogP contribution in [0.25, 0.3) is 0 Å². The van der Waals surface area contributed by atoms with Gasteiger partial charge in [-0.2, -0.15) is 0 Å². The van der Waals surface area contributed by atoms with E-state index in [4.69, 9.17) is 16.3 Å². The smallest absolute Gasteiger partial charge is 0.329 e. The predicted octanol–water partition coefficient (Wildman–Crippen LogP) is 3.43. The first-order chi connectivity index (χ1) is 13.8. The monoisotopic (exact) mass is 417 g/mol. The summed E-state index contributed by atoms with van der Waals surface area (Å²) in [6.07, 6.45) is 5.10. The molecule has 1 heterocycles. The molecular weight excluding hydrogens is 394 g/mol. The highest BCUT2D eigenvalue weighted by atomic mass is 35.5. The van der Waals surface area contributed by atoms with Crippen LogP contribution < -0.4 is 0 Å². The molecule has 0 bridgehead atoms. The van der Waals surface area contributed by atoms with Crippen molar-refractivity contribution in [2.24, 2.45) is 17.8 Å². The van der Waals surface area contributed by atoms with Crippen molar-refractivity contribution >= 4 is 35.2 Å². The number of likely N-dealkylation sites (tertiary alicyclic amines) is 1. The van der Waals surface area contributed by atoms with Gasteiger partial charge < -0.3 is 4.74 Å². The average molecular weight is 418 g/mol. The van der Waals surface area contributed by atoms with Crippen molar-refractivity contribution in [3.8, 4) is 0 Å². The molecular formula is C22H24ClNO5. The third kappa shape index (κ3) is 4.58. The summed E-state index contributed by atoms with van der Waals surface area (Å²) < 4.78 is 5.23. The summed E-state index contributed by atoms with van der Waals surface area (Å²) in [5.74, 6) is -2.52. The van der Waals surface area contributed by atoms with Gasteiger partial charge in [-0.05, 0) is 49.4 Å². The minimum atomic E-state index is -1.02. The number of halogens is 1. The first-order valence-electron chi connectivity index (χ1n) is 9.77. The maximum absolute atomic E-state index is 12.9. The van der Waals surface area contributed by atoms with E-state index in [0.717, 1.165) is 4.90 Å². The van der Waals surface area contributed by atoms with Gasteiger partial charge in [-0.25, -0.2) is 4.79 Å². The van der Waals surface area contributed by atoms with E-state index >= 15 is 0 Å². The van der Waals surface area contributed by atoms with Crippen molar-refractivity contribution in [1.29, 1.82) is 0 Å². The number of esters is 1. The van der Waals surface area contributed by atoms with E-state index in [0.29, 0.717) is 23.4 Å². The molecule has 0 spiro atoms. The number of hydrogen-bond acceptors (Lipinski definition) is 5. The Balaban J connectivity index is 1.72. The number of carbonyl (C=O) groups excluding carboxylic acids is 4. The molecule has 2 aliphatic rings. The quantitative estimate of drug-likeness (QED) is 0.294. The van der Waals surface area contributed by atoms with Gasteiger partial charge >= 0.3 is 5.97 Å². The maximum Gasteiger partial charge on any atom is 0.329 e. The van der Waals surface area contributed by atoms with E-state index in [2.05, 4.69) is 0 Å². The van der Waals surface area contributed by atoms with Crippen LogP contribution in [0, 0.1) is 17.8 Å². The standard InChI is InChI=1S/C22H24ClNO5/c1-13(2)11-18(24-20(26)16-5-3-4-6-17(16)21(24)27)22(28)29-12-19(25)14-7-9-15(23)10-8-14/h3-4,7-10,13,16-18H,5-6,11-12H2,1-2H3. The lowest BCUT2D eigenvalue weighted by molar-refractivity contribution is -0.158. The van der Waals surface area contributed by atoms with Crippen LogP contribution in [-0.2, 0) is 19.1 Å². The van der Waals surface area contributed by atoms with Gasteiger partial charge in [0.15, 0.2) is 12.4 Å². The zero-order chi connectivity index (χ0) is 21.1. The van der Waals surface area contributed by atoms with Crippen LogP contribution in [0.2, 0.25) is 5.02 Å². The Labute approximate surface area is 174 Å². The van der Waals surface area contributed by atoms with Gasteiger partial charge in [0.25, 0.3) is 0 Å². The van der Waals surface area contributed by atoms with E-state index in [1.54, 1.807) is 24.3 Å². The molecule has 1 aliphatic heterocycles. The lowest BCUT2D eigenvalue weighted by atomic mass is 9.85. The van der Waals surface area contributed by atoms with Crippen molar-refractivity contribution in [1.82, 2.24) is 4.90 Å². The van der Waals surface area contributed by atoms with Crippen molar-refractivity contribution in [2.45, 2.75) is 39.2 Å². The van der Waals surface area contributed by atoms with Gasteiger partial charge in [-0.3, -0.25) is 19.3 Å². The summed E-state index contributed by atoms with van der Waals surface area (Å²) >= 11 is 5.82. The van der Waals surface area contributed by atoms with Crippen LogP contribution in [0.3, 0.4) is 0 Å². The summed E-state index contributed by atoms with van der Waals surface area (Å²) in [5, 5.41) is 0.498. The number of Topliss-reactive ketones (excluding diaryl/α,β-unsaturated/α-hetero) is 1. The Kier molecular flexibility index (Phi) is 6.52. The third-order valence-corrected chi connectivity index (χ3v) is 5.58. The van der Waals surface area contributed by atoms with E-state index < -0.39 is 30.5 Å². The Morgan fingerprint density at radius 2 is 1.62 bits per heavy atom. The molecule has 3 rings (SSSR count). The molecule has 0 aromatic heterocycles. The summed E-state index contributed by atoms with van der Waals surface area (Å²) in [6.45, 7) is 3.34. The zero-order valence-corrected chi connectivity index (χ0v) is 17.2. The fraction of sp³-hybridized carbons (Fsp3) is 0.455. The number of nitrogens with zero attached hydrogens (tertiary/aromatic N) is 1. The van der Waals surface area contributed by atoms with Gasteiger partial charge in [0.1, 0.15) is 6.04 Å². The Morgan fingerprint density at radius 1 is 1.07 bits per heavy atom. The second-order valence-corrected chi connectivity index (χ2v) is 8.32. The van der Waals surface area contributed by atoms with Gasteiger partial charge in [0, 0.05) is 10.6 Å². The highest BCUT2D eigenvalue weighted by Gasteiger charge is 2.51. The maximum atomic E-state index is 12.9. The molecule has 0 radical (unpaired) electrons. The molecule has 6 nitrogen and oxygen atoms in total. The molecule has 2 amide bonds. The molecule has 0 N–H and O–H groups in total. The van der Waals surface area contributed by atoms with E-state index in [1.807, 2.05) is 26.0 Å². The molecule has 7 heteroatoms. The minimum Gasteiger partial charge on any atom is -0.456 e. The second kappa shape index (κ2) is 8.91. The molecule has 3 atom stereocenters. The molecule has 3 unspecified atom stereocenters. The molecule has 29 heavy (non-hydrogen) atoms. The molecule has 1 saturated heterocycles. The lowest BCUT2D eigenvalue weighted by Gasteiger charge is -2.26. The van der Waals surface area contributed by atoms with E-state index in [1.165, 1.54) is 0 Å². The topological polar surface area (TPSA) is 80.8 Å². The Morgan fingerprint density at radius 3 is 2.14 bits per heavy atom. The van der Waals surface area contributed by atoms with Crippen molar-refractivity contribution in [3.63, 3.8) is 0 Å². The van der Waals surface area contributed by atoms with Crippen LogP contribution in [0.4, 0.5) is 0 Å². The zero-order valence-electron chi connectivity index (χ0n) is 16.5. The molecule has 0 saturated carbocycles. The van der Waals surface area contributed by atoms with Crippen LogP contribution in [-0.4, -0.2) is 41.1 Å². The summed E-state index contributed by atoms with van der Waals surface area (Å²) in [4.78, 5) is 51.9. The number of ketones is 1. The summed E-state index contributed by atoms with van der Waals surface area (Å²) in [7, 11) is 0. The molecule has 1 aliphatic carbocycles. The number of ether oxygens (including phenoxy) is 1. The van der Waals surface area contributed by atoms with Crippen LogP contribution >= 0.6 is 11.6 Å². The number of allylic oxidation sites excluding steroid dienone is 2. The molecule has 1 aromatic rings. The largest absolute Gasteiger partial charge is 0.456 e. The number of fused-ring (bicyclic) bond motifs is 1. The van der Waals surface area contributed by atoms with Crippen molar-refractivity contribution < 1.29 is 23.9 Å². The van der Waals surface area contributed by atoms with Crippen LogP contribution in [0.5, 0.6) is 0 Å². The number of rotatable bonds is 7. The van der Waals surface area contributed by atoms with Crippen molar-refractivity contribution in [2.75, 3.05) is 6.61 Å². The predicted molar refractivity (Wildman–Crippen MR) is 107 cm³/mol. The SMILES string of the molecule is CC(C)CC(C(=O)OCC(=O)c1ccc(Cl)cc1)N1C(=O)C2CC=CCC2C1=O. The normalized spacial score (nSPS) is 22.0.